The van der Waals surface area contributed by atoms with Crippen LogP contribution in [0.1, 0.15) is 51.1 Å². The second-order valence-electron chi connectivity index (χ2n) is 4.68. The molecule has 1 atom stereocenters. The first-order valence-corrected chi connectivity index (χ1v) is 6.38. The van der Waals surface area contributed by atoms with Gasteiger partial charge in [-0.05, 0) is 25.2 Å². The van der Waals surface area contributed by atoms with Gasteiger partial charge in [-0.2, -0.15) is 0 Å². The minimum absolute atomic E-state index is 0.533. The third kappa shape index (κ3) is 2.52. The molecule has 88 valence electrons. The number of anilines is 1. The monoisotopic (exact) mass is 219 g/mol. The third-order valence-electron chi connectivity index (χ3n) is 3.31. The Balaban J connectivity index is 2.03. The number of nitrogens with zero attached hydrogens (tertiary/aromatic N) is 3. The molecule has 3 heteroatoms. The summed E-state index contributed by atoms with van der Waals surface area (Å²) in [6.07, 6.45) is 8.86. The van der Waals surface area contributed by atoms with Crippen molar-refractivity contribution in [1.82, 2.24) is 9.97 Å². The summed E-state index contributed by atoms with van der Waals surface area (Å²) >= 11 is 0. The standard InChI is InChI=1S/C13H21N3/c1-3-6-11(2)12-9-15-13(10-14-12)16-7-4-5-8-16/h9-11H,3-8H2,1-2H3. The SMILES string of the molecule is CCCC(C)c1cnc(N2CCCC2)cn1. The van der Waals surface area contributed by atoms with Crippen LogP contribution in [0.4, 0.5) is 5.82 Å². The summed E-state index contributed by atoms with van der Waals surface area (Å²) in [6.45, 7) is 6.71. The van der Waals surface area contributed by atoms with Gasteiger partial charge in [-0.3, -0.25) is 4.98 Å². The van der Waals surface area contributed by atoms with Crippen molar-refractivity contribution in [3.8, 4) is 0 Å². The molecule has 1 aliphatic heterocycles. The highest BCUT2D eigenvalue weighted by Crippen LogP contribution is 2.20. The highest BCUT2D eigenvalue weighted by molar-refractivity contribution is 5.36. The summed E-state index contributed by atoms with van der Waals surface area (Å²) in [7, 11) is 0. The molecule has 0 spiro atoms. The Hall–Kier alpha value is -1.12. The third-order valence-corrected chi connectivity index (χ3v) is 3.31. The van der Waals surface area contributed by atoms with Crippen LogP contribution in [0.25, 0.3) is 0 Å². The van der Waals surface area contributed by atoms with Gasteiger partial charge in [0.2, 0.25) is 0 Å². The molecular weight excluding hydrogens is 198 g/mol. The molecule has 1 unspecified atom stereocenters. The molecule has 1 aromatic heterocycles. The van der Waals surface area contributed by atoms with E-state index in [1.54, 1.807) is 0 Å². The zero-order valence-corrected chi connectivity index (χ0v) is 10.3. The summed E-state index contributed by atoms with van der Waals surface area (Å²) in [6, 6.07) is 0. The fraction of sp³-hybridized carbons (Fsp3) is 0.692. The normalized spacial score (nSPS) is 17.8. The van der Waals surface area contributed by atoms with E-state index >= 15 is 0 Å². The van der Waals surface area contributed by atoms with Gasteiger partial charge in [-0.15, -0.1) is 0 Å². The zero-order valence-electron chi connectivity index (χ0n) is 10.3. The van der Waals surface area contributed by atoms with E-state index < -0.39 is 0 Å². The zero-order chi connectivity index (χ0) is 11.4. The van der Waals surface area contributed by atoms with Gasteiger partial charge in [-0.1, -0.05) is 20.3 Å². The van der Waals surface area contributed by atoms with Crippen LogP contribution in [0.3, 0.4) is 0 Å². The number of hydrogen-bond donors (Lipinski definition) is 0. The van der Waals surface area contributed by atoms with Gasteiger partial charge in [0.05, 0.1) is 18.1 Å². The molecule has 0 radical (unpaired) electrons. The second kappa shape index (κ2) is 5.28. The van der Waals surface area contributed by atoms with Crippen LogP contribution in [0.2, 0.25) is 0 Å². The van der Waals surface area contributed by atoms with Crippen LogP contribution in [0.5, 0.6) is 0 Å². The molecular formula is C13H21N3. The van der Waals surface area contributed by atoms with E-state index in [0.29, 0.717) is 5.92 Å². The predicted molar refractivity (Wildman–Crippen MR) is 66.8 cm³/mol. The molecule has 3 nitrogen and oxygen atoms in total. The fourth-order valence-corrected chi connectivity index (χ4v) is 2.28. The van der Waals surface area contributed by atoms with Crippen molar-refractivity contribution in [2.24, 2.45) is 0 Å². The smallest absolute Gasteiger partial charge is 0.147 e. The predicted octanol–water partition coefficient (Wildman–Crippen LogP) is 2.98. The van der Waals surface area contributed by atoms with Crippen LogP contribution < -0.4 is 4.90 Å². The van der Waals surface area contributed by atoms with Crippen molar-refractivity contribution in [2.75, 3.05) is 18.0 Å². The van der Waals surface area contributed by atoms with Crippen LogP contribution >= 0.6 is 0 Å². The molecule has 1 saturated heterocycles. The van der Waals surface area contributed by atoms with Gasteiger partial charge in [0.15, 0.2) is 0 Å². The van der Waals surface area contributed by atoms with Gasteiger partial charge >= 0.3 is 0 Å². The Morgan fingerprint density at radius 2 is 2.00 bits per heavy atom. The summed E-state index contributed by atoms with van der Waals surface area (Å²) in [5.41, 5.74) is 1.13. The Morgan fingerprint density at radius 1 is 1.25 bits per heavy atom. The van der Waals surface area contributed by atoms with Crippen molar-refractivity contribution in [2.45, 2.75) is 45.4 Å². The molecule has 1 aliphatic rings. The molecule has 0 amide bonds. The summed E-state index contributed by atoms with van der Waals surface area (Å²) < 4.78 is 0. The maximum Gasteiger partial charge on any atom is 0.147 e. The van der Waals surface area contributed by atoms with Crippen LogP contribution in [0, 0.1) is 0 Å². The molecule has 0 saturated carbocycles. The van der Waals surface area contributed by atoms with Crippen LogP contribution in [0.15, 0.2) is 12.4 Å². The van der Waals surface area contributed by atoms with E-state index in [1.165, 1.54) is 25.7 Å². The molecule has 2 rings (SSSR count). The first-order valence-electron chi connectivity index (χ1n) is 6.38. The first kappa shape index (κ1) is 11.4. The topological polar surface area (TPSA) is 29.0 Å². The molecule has 16 heavy (non-hydrogen) atoms. The Kier molecular flexibility index (Phi) is 3.75. The van der Waals surface area contributed by atoms with E-state index in [4.69, 9.17) is 0 Å². The van der Waals surface area contributed by atoms with Gasteiger partial charge in [-0.25, -0.2) is 4.98 Å². The van der Waals surface area contributed by atoms with Crippen molar-refractivity contribution in [3.63, 3.8) is 0 Å². The molecule has 0 N–H and O–H groups in total. The summed E-state index contributed by atoms with van der Waals surface area (Å²) in [4.78, 5) is 11.4. The first-order chi connectivity index (χ1) is 7.81. The second-order valence-corrected chi connectivity index (χ2v) is 4.68. The fourth-order valence-electron chi connectivity index (χ4n) is 2.28. The lowest BCUT2D eigenvalue weighted by molar-refractivity contribution is 0.643. The Morgan fingerprint density at radius 3 is 2.56 bits per heavy atom. The van der Waals surface area contributed by atoms with Crippen LogP contribution in [-0.2, 0) is 0 Å². The van der Waals surface area contributed by atoms with Crippen LogP contribution in [-0.4, -0.2) is 23.1 Å². The average Bonchev–Trinajstić information content (AvgIpc) is 2.83. The van der Waals surface area contributed by atoms with Crippen molar-refractivity contribution in [1.29, 1.82) is 0 Å². The Labute approximate surface area is 97.9 Å². The Bertz CT molecular complexity index is 314. The highest BCUT2D eigenvalue weighted by atomic mass is 15.2. The van der Waals surface area contributed by atoms with E-state index in [1.807, 2.05) is 12.4 Å². The quantitative estimate of drug-likeness (QED) is 0.779. The van der Waals surface area contributed by atoms with Crippen molar-refractivity contribution >= 4 is 5.82 Å². The largest absolute Gasteiger partial charge is 0.355 e. The number of aromatic nitrogens is 2. The summed E-state index contributed by atoms with van der Waals surface area (Å²) in [5.74, 6) is 1.58. The number of rotatable bonds is 4. The van der Waals surface area contributed by atoms with Gasteiger partial charge < -0.3 is 4.90 Å². The molecule has 0 aliphatic carbocycles. The van der Waals surface area contributed by atoms with Gasteiger partial charge in [0, 0.05) is 13.1 Å². The van der Waals surface area contributed by atoms with E-state index in [0.717, 1.165) is 24.6 Å². The lowest BCUT2D eigenvalue weighted by Crippen LogP contribution is -2.19. The maximum atomic E-state index is 4.54. The molecule has 0 bridgehead atoms. The molecule has 1 fully saturated rings. The summed E-state index contributed by atoms with van der Waals surface area (Å²) in [5, 5.41) is 0. The van der Waals surface area contributed by atoms with E-state index in [2.05, 4.69) is 28.7 Å². The minimum atomic E-state index is 0.533. The van der Waals surface area contributed by atoms with E-state index in [-0.39, 0.29) is 0 Å². The molecule has 2 heterocycles. The number of hydrogen-bond acceptors (Lipinski definition) is 3. The van der Waals surface area contributed by atoms with Crippen molar-refractivity contribution in [3.05, 3.63) is 18.1 Å². The highest BCUT2D eigenvalue weighted by Gasteiger charge is 2.14. The van der Waals surface area contributed by atoms with E-state index in [9.17, 15) is 0 Å². The van der Waals surface area contributed by atoms with Gasteiger partial charge in [0.1, 0.15) is 5.82 Å². The van der Waals surface area contributed by atoms with Gasteiger partial charge in [0.25, 0.3) is 0 Å². The molecule has 1 aromatic rings. The molecule has 0 aromatic carbocycles. The minimum Gasteiger partial charge on any atom is -0.355 e. The lowest BCUT2D eigenvalue weighted by atomic mass is 10.0. The van der Waals surface area contributed by atoms with Crippen molar-refractivity contribution < 1.29 is 0 Å². The maximum absolute atomic E-state index is 4.54. The average molecular weight is 219 g/mol. The lowest BCUT2D eigenvalue weighted by Gasteiger charge is -2.16.